The van der Waals surface area contributed by atoms with Gasteiger partial charge in [0.25, 0.3) is 11.8 Å². The van der Waals surface area contributed by atoms with Gasteiger partial charge in [0.1, 0.15) is 17.4 Å². The molecule has 36 heavy (non-hydrogen) atoms. The highest BCUT2D eigenvalue weighted by atomic mass is 16.5. The fourth-order valence-corrected chi connectivity index (χ4v) is 3.25. The Hall–Kier alpha value is -4.77. The van der Waals surface area contributed by atoms with Gasteiger partial charge in [0.2, 0.25) is 0 Å². The average Bonchev–Trinajstić information content (AvgIpc) is 2.87. The zero-order valence-corrected chi connectivity index (χ0v) is 20.3. The quantitative estimate of drug-likeness (QED) is 0.310. The maximum atomic E-state index is 12.6. The van der Waals surface area contributed by atoms with Crippen LogP contribution in [-0.4, -0.2) is 32.1 Å². The maximum absolute atomic E-state index is 12.6. The molecule has 0 aliphatic heterocycles. The number of nitrogens with zero attached hydrogens (tertiary/aromatic N) is 1. The smallest absolute Gasteiger partial charge is 0.266 e. The highest BCUT2D eigenvalue weighted by molar-refractivity contribution is 6.09. The summed E-state index contributed by atoms with van der Waals surface area (Å²) in [6, 6.07) is 21.1. The number of nitrogens with one attached hydrogen (secondary N) is 2. The van der Waals surface area contributed by atoms with Crippen molar-refractivity contribution in [2.45, 2.75) is 13.8 Å². The highest BCUT2D eigenvalue weighted by Gasteiger charge is 2.13. The van der Waals surface area contributed by atoms with E-state index in [0.29, 0.717) is 40.8 Å². The summed E-state index contributed by atoms with van der Waals surface area (Å²) in [7, 11) is 1.55. The minimum Gasteiger partial charge on any atom is -0.497 e. The van der Waals surface area contributed by atoms with Crippen LogP contribution in [0.4, 0.5) is 11.4 Å². The predicted molar refractivity (Wildman–Crippen MR) is 138 cm³/mol. The molecule has 8 heteroatoms. The van der Waals surface area contributed by atoms with Crippen LogP contribution in [0.3, 0.4) is 0 Å². The second-order valence-corrected chi connectivity index (χ2v) is 7.70. The van der Waals surface area contributed by atoms with Gasteiger partial charge in [-0.3, -0.25) is 9.59 Å². The Morgan fingerprint density at radius 2 is 1.72 bits per heavy atom. The molecule has 0 aliphatic carbocycles. The lowest BCUT2D eigenvalue weighted by atomic mass is 10.1. The molecule has 0 aromatic heterocycles. The topological polar surface area (TPSA) is 110 Å². The first-order valence-corrected chi connectivity index (χ1v) is 11.2. The molecule has 0 saturated heterocycles. The van der Waals surface area contributed by atoms with Gasteiger partial charge in [0.05, 0.1) is 13.7 Å². The minimum absolute atomic E-state index is 0.0838. The number of hydrogen-bond donors (Lipinski definition) is 2. The number of aryl methyl sites for hydroxylation is 1. The standard InChI is InChI=1S/C28H27N3O5/c1-4-35-26-16-20(15-21(17-29)28(33)31-22-9-11-24(34-3)12-10-22)8-13-25(26)36-18-27(32)30-23-7-5-6-19(2)14-23/h5-16H,4,18H2,1-3H3,(H,30,32)(H,31,33)/b21-15+. The molecule has 0 fully saturated rings. The Morgan fingerprint density at radius 3 is 2.39 bits per heavy atom. The van der Waals surface area contributed by atoms with Gasteiger partial charge in [-0.25, -0.2) is 0 Å². The van der Waals surface area contributed by atoms with Gasteiger partial charge < -0.3 is 24.8 Å². The summed E-state index contributed by atoms with van der Waals surface area (Å²) in [5.41, 5.74) is 2.73. The molecule has 3 aromatic rings. The van der Waals surface area contributed by atoms with Crippen molar-refractivity contribution in [1.29, 1.82) is 5.26 Å². The zero-order chi connectivity index (χ0) is 25.9. The van der Waals surface area contributed by atoms with Crippen LogP contribution >= 0.6 is 0 Å². The van der Waals surface area contributed by atoms with Crippen LogP contribution in [0.25, 0.3) is 6.08 Å². The molecular weight excluding hydrogens is 458 g/mol. The zero-order valence-electron chi connectivity index (χ0n) is 20.3. The predicted octanol–water partition coefficient (Wildman–Crippen LogP) is 4.97. The molecule has 0 unspecified atom stereocenters. The average molecular weight is 486 g/mol. The van der Waals surface area contributed by atoms with Crippen molar-refractivity contribution in [3.05, 3.63) is 83.4 Å². The minimum atomic E-state index is -0.547. The number of anilines is 2. The summed E-state index contributed by atoms with van der Waals surface area (Å²) in [6.45, 7) is 3.91. The van der Waals surface area contributed by atoms with Crippen LogP contribution < -0.4 is 24.8 Å². The Bertz CT molecular complexity index is 1290. The van der Waals surface area contributed by atoms with Gasteiger partial charge in [-0.2, -0.15) is 5.26 Å². The molecule has 0 heterocycles. The Kier molecular flexibility index (Phi) is 9.06. The lowest BCUT2D eigenvalue weighted by molar-refractivity contribution is -0.118. The number of amides is 2. The van der Waals surface area contributed by atoms with Crippen LogP contribution in [0.2, 0.25) is 0 Å². The summed E-state index contributed by atoms with van der Waals surface area (Å²) < 4.78 is 16.4. The first kappa shape index (κ1) is 25.8. The van der Waals surface area contributed by atoms with Crippen molar-refractivity contribution < 1.29 is 23.8 Å². The van der Waals surface area contributed by atoms with Gasteiger partial charge in [-0.1, -0.05) is 18.2 Å². The molecule has 2 amide bonds. The van der Waals surface area contributed by atoms with Crippen molar-refractivity contribution in [2.24, 2.45) is 0 Å². The molecule has 0 radical (unpaired) electrons. The first-order valence-electron chi connectivity index (χ1n) is 11.2. The highest BCUT2D eigenvalue weighted by Crippen LogP contribution is 2.29. The van der Waals surface area contributed by atoms with E-state index in [1.807, 2.05) is 38.1 Å². The van der Waals surface area contributed by atoms with Crippen LogP contribution in [0.15, 0.2) is 72.3 Å². The fraction of sp³-hybridized carbons (Fsp3) is 0.179. The van der Waals surface area contributed by atoms with E-state index in [0.717, 1.165) is 5.56 Å². The van der Waals surface area contributed by atoms with Crippen LogP contribution in [-0.2, 0) is 9.59 Å². The number of nitriles is 1. The first-order chi connectivity index (χ1) is 17.4. The third-order valence-corrected chi connectivity index (χ3v) is 4.95. The number of carbonyl (C=O) groups is 2. The molecule has 184 valence electrons. The molecule has 0 saturated carbocycles. The molecule has 3 aromatic carbocycles. The summed E-state index contributed by atoms with van der Waals surface area (Å²) in [6.07, 6.45) is 1.45. The van der Waals surface area contributed by atoms with E-state index in [4.69, 9.17) is 14.2 Å². The van der Waals surface area contributed by atoms with E-state index in [9.17, 15) is 14.9 Å². The molecule has 0 aliphatic rings. The van der Waals surface area contributed by atoms with Gasteiger partial charge >= 0.3 is 0 Å². The van der Waals surface area contributed by atoms with Crippen LogP contribution in [0, 0.1) is 18.3 Å². The summed E-state index contributed by atoms with van der Waals surface area (Å²) in [4.78, 5) is 24.9. The molecule has 2 N–H and O–H groups in total. The number of methoxy groups -OCH3 is 1. The number of carbonyl (C=O) groups excluding carboxylic acids is 2. The van der Waals surface area contributed by atoms with E-state index >= 15 is 0 Å². The van der Waals surface area contributed by atoms with Crippen molar-refractivity contribution in [3.8, 4) is 23.3 Å². The van der Waals surface area contributed by atoms with Crippen molar-refractivity contribution in [1.82, 2.24) is 0 Å². The van der Waals surface area contributed by atoms with Crippen LogP contribution in [0.5, 0.6) is 17.2 Å². The Labute approximate surface area is 210 Å². The van der Waals surface area contributed by atoms with E-state index in [1.165, 1.54) is 6.08 Å². The molecular formula is C28H27N3O5. The second kappa shape index (κ2) is 12.6. The number of rotatable bonds is 10. The van der Waals surface area contributed by atoms with Gasteiger partial charge in [-0.15, -0.1) is 0 Å². The SMILES string of the molecule is CCOc1cc(/C=C(\C#N)C(=O)Nc2ccc(OC)cc2)ccc1OCC(=O)Nc1cccc(C)c1. The van der Waals surface area contributed by atoms with Crippen LogP contribution in [0.1, 0.15) is 18.1 Å². The molecule has 0 bridgehead atoms. The second-order valence-electron chi connectivity index (χ2n) is 7.70. The molecule has 3 rings (SSSR count). The summed E-state index contributed by atoms with van der Waals surface area (Å²) in [5.74, 6) is 0.558. The Balaban J connectivity index is 1.69. The molecule has 8 nitrogen and oxygen atoms in total. The van der Waals surface area contributed by atoms with Crippen molar-refractivity contribution >= 4 is 29.3 Å². The van der Waals surface area contributed by atoms with Crippen molar-refractivity contribution in [3.63, 3.8) is 0 Å². The maximum Gasteiger partial charge on any atom is 0.266 e. The fourth-order valence-electron chi connectivity index (χ4n) is 3.25. The molecule has 0 spiro atoms. The van der Waals surface area contributed by atoms with Gasteiger partial charge in [0, 0.05) is 11.4 Å². The van der Waals surface area contributed by atoms with E-state index in [1.54, 1.807) is 55.6 Å². The Morgan fingerprint density at radius 1 is 0.944 bits per heavy atom. The van der Waals surface area contributed by atoms with Gasteiger partial charge in [0.15, 0.2) is 18.1 Å². The lowest BCUT2D eigenvalue weighted by Gasteiger charge is -2.13. The van der Waals surface area contributed by atoms with E-state index in [-0.39, 0.29) is 18.1 Å². The largest absolute Gasteiger partial charge is 0.497 e. The number of hydrogen-bond acceptors (Lipinski definition) is 6. The van der Waals surface area contributed by atoms with Gasteiger partial charge in [-0.05, 0) is 79.6 Å². The third-order valence-electron chi connectivity index (χ3n) is 4.95. The number of benzene rings is 3. The monoisotopic (exact) mass is 485 g/mol. The summed E-state index contributed by atoms with van der Waals surface area (Å²) in [5, 5.41) is 15.0. The normalized spacial score (nSPS) is 10.7. The third kappa shape index (κ3) is 7.37. The summed E-state index contributed by atoms with van der Waals surface area (Å²) >= 11 is 0. The lowest BCUT2D eigenvalue weighted by Crippen LogP contribution is -2.20. The number of ether oxygens (including phenoxy) is 3. The van der Waals surface area contributed by atoms with E-state index < -0.39 is 5.91 Å². The molecule has 0 atom stereocenters. The van der Waals surface area contributed by atoms with Crippen molar-refractivity contribution in [2.75, 3.05) is 31.0 Å². The van der Waals surface area contributed by atoms with E-state index in [2.05, 4.69) is 10.6 Å².